The number of amides is 3. The summed E-state index contributed by atoms with van der Waals surface area (Å²) in [5.41, 5.74) is -0.732. The molecule has 0 aromatic rings. The lowest BCUT2D eigenvalue weighted by atomic mass is 9.84. The molecule has 0 atom stereocenters. The maximum Gasteiger partial charge on any atom is 0.325 e. The highest BCUT2D eigenvalue weighted by Gasteiger charge is 2.50. The van der Waals surface area contributed by atoms with Crippen LogP contribution < -0.4 is 5.32 Å². The van der Waals surface area contributed by atoms with Gasteiger partial charge in [0.15, 0.2) is 5.78 Å². The van der Waals surface area contributed by atoms with Gasteiger partial charge in [-0.25, -0.2) is 4.79 Å². The quantitative estimate of drug-likeness (QED) is 0.804. The first kappa shape index (κ1) is 15.0. The number of ketones is 1. The molecule has 5 nitrogen and oxygen atoms in total. The minimum atomic E-state index is -0.732. The molecule has 2 fully saturated rings. The highest BCUT2D eigenvalue weighted by atomic mass is 16.2. The van der Waals surface area contributed by atoms with Gasteiger partial charge in [-0.1, -0.05) is 39.0 Å². The van der Waals surface area contributed by atoms with Gasteiger partial charge in [0, 0.05) is 6.42 Å². The summed E-state index contributed by atoms with van der Waals surface area (Å²) < 4.78 is 0. The second kappa shape index (κ2) is 6.37. The number of rotatable bonds is 4. The zero-order valence-electron chi connectivity index (χ0n) is 12.2. The summed E-state index contributed by atoms with van der Waals surface area (Å²) in [4.78, 5) is 37.5. The van der Waals surface area contributed by atoms with Crippen LogP contribution in [0.1, 0.15) is 64.7 Å². The molecule has 0 radical (unpaired) electrons. The van der Waals surface area contributed by atoms with Gasteiger partial charge in [0.25, 0.3) is 5.91 Å². The van der Waals surface area contributed by atoms with E-state index in [1.54, 1.807) is 0 Å². The van der Waals surface area contributed by atoms with Crippen LogP contribution in [0, 0.1) is 0 Å². The first-order valence-electron chi connectivity index (χ1n) is 7.75. The number of carbonyl (C=O) groups is 3. The van der Waals surface area contributed by atoms with E-state index in [9.17, 15) is 14.4 Å². The van der Waals surface area contributed by atoms with Crippen molar-refractivity contribution in [1.82, 2.24) is 10.2 Å². The van der Waals surface area contributed by atoms with Gasteiger partial charge in [-0.3, -0.25) is 14.5 Å². The second-order valence-corrected chi connectivity index (χ2v) is 5.96. The molecule has 1 aliphatic heterocycles. The van der Waals surface area contributed by atoms with Crippen molar-refractivity contribution in [2.75, 3.05) is 6.54 Å². The van der Waals surface area contributed by atoms with Gasteiger partial charge in [0.05, 0.1) is 6.54 Å². The summed E-state index contributed by atoms with van der Waals surface area (Å²) in [7, 11) is 0. The molecule has 2 rings (SSSR count). The summed E-state index contributed by atoms with van der Waals surface area (Å²) in [5, 5.41) is 2.87. The van der Waals surface area contributed by atoms with Crippen LogP contribution in [0.2, 0.25) is 0 Å². The molecule has 5 heteroatoms. The molecule has 0 aromatic carbocycles. The van der Waals surface area contributed by atoms with E-state index in [4.69, 9.17) is 0 Å². The Labute approximate surface area is 120 Å². The smallest absolute Gasteiger partial charge is 0.323 e. The maximum atomic E-state index is 12.6. The number of nitrogens with one attached hydrogen (secondary N) is 1. The van der Waals surface area contributed by atoms with Crippen LogP contribution in [-0.4, -0.2) is 34.7 Å². The van der Waals surface area contributed by atoms with Gasteiger partial charge in [0.2, 0.25) is 0 Å². The Morgan fingerprint density at radius 1 is 1.15 bits per heavy atom. The fraction of sp³-hybridized carbons (Fsp3) is 0.800. The number of Topliss-reactive ketones (excluding diaryl/α,β-unsaturated/α-hetero) is 1. The Kier molecular flexibility index (Phi) is 4.78. The van der Waals surface area contributed by atoms with E-state index in [1.165, 1.54) is 6.42 Å². The molecule has 0 bridgehead atoms. The molecule has 2 aliphatic rings. The van der Waals surface area contributed by atoms with Crippen molar-refractivity contribution < 1.29 is 14.4 Å². The number of nitrogens with zero attached hydrogens (tertiary/aromatic N) is 1. The highest BCUT2D eigenvalue weighted by molar-refractivity contribution is 6.09. The Morgan fingerprint density at radius 3 is 2.35 bits per heavy atom. The topological polar surface area (TPSA) is 66.5 Å². The lowest BCUT2D eigenvalue weighted by Gasteiger charge is -2.28. The van der Waals surface area contributed by atoms with Crippen LogP contribution >= 0.6 is 0 Å². The molecule has 0 unspecified atom stereocenters. The molecule has 112 valence electrons. The van der Waals surface area contributed by atoms with Gasteiger partial charge < -0.3 is 5.32 Å². The highest BCUT2D eigenvalue weighted by Crippen LogP contribution is 2.32. The Hall–Kier alpha value is -1.39. The van der Waals surface area contributed by atoms with Crippen LogP contribution in [0.3, 0.4) is 0 Å². The molecule has 1 heterocycles. The van der Waals surface area contributed by atoms with Crippen molar-refractivity contribution in [3.05, 3.63) is 0 Å². The minimum Gasteiger partial charge on any atom is -0.323 e. The fourth-order valence-corrected chi connectivity index (χ4v) is 3.20. The second-order valence-electron chi connectivity index (χ2n) is 5.96. The third-order valence-electron chi connectivity index (χ3n) is 4.32. The lowest BCUT2D eigenvalue weighted by molar-refractivity contribution is -0.135. The Morgan fingerprint density at radius 2 is 1.75 bits per heavy atom. The Bertz CT molecular complexity index is 398. The zero-order valence-corrected chi connectivity index (χ0v) is 12.2. The largest absolute Gasteiger partial charge is 0.325 e. The third-order valence-corrected chi connectivity index (χ3v) is 4.32. The summed E-state index contributed by atoms with van der Waals surface area (Å²) in [5.74, 6) is -0.229. The Balaban J connectivity index is 2.08. The summed E-state index contributed by atoms with van der Waals surface area (Å²) in [6.07, 6.45) is 7.92. The van der Waals surface area contributed by atoms with Crippen LogP contribution in [0.15, 0.2) is 0 Å². The van der Waals surface area contributed by atoms with E-state index in [1.807, 2.05) is 6.92 Å². The van der Waals surface area contributed by atoms with Gasteiger partial charge in [-0.15, -0.1) is 0 Å². The van der Waals surface area contributed by atoms with Crippen molar-refractivity contribution >= 4 is 17.7 Å². The van der Waals surface area contributed by atoms with Crippen molar-refractivity contribution in [1.29, 1.82) is 0 Å². The molecule has 1 N–H and O–H groups in total. The molecule has 1 spiro atoms. The van der Waals surface area contributed by atoms with E-state index >= 15 is 0 Å². The number of urea groups is 1. The van der Waals surface area contributed by atoms with E-state index < -0.39 is 5.54 Å². The molecule has 1 saturated heterocycles. The summed E-state index contributed by atoms with van der Waals surface area (Å²) in [6, 6.07) is -0.389. The molecule has 1 aliphatic carbocycles. The van der Waals surface area contributed by atoms with Crippen molar-refractivity contribution in [2.45, 2.75) is 70.3 Å². The standard InChI is InChI=1S/C15H24N2O3/c1-2-8-12(18)11-17-13(19)15(16-14(17)20)9-6-4-3-5-7-10-15/h2-11H2,1H3,(H,16,20). The van der Waals surface area contributed by atoms with Crippen LogP contribution in [0.4, 0.5) is 4.79 Å². The van der Waals surface area contributed by atoms with Crippen LogP contribution in [0.25, 0.3) is 0 Å². The predicted octanol–water partition coefficient (Wildman–Crippen LogP) is 2.39. The van der Waals surface area contributed by atoms with E-state index in [0.717, 1.165) is 37.0 Å². The zero-order chi connectivity index (χ0) is 14.6. The molecule has 1 saturated carbocycles. The predicted molar refractivity (Wildman–Crippen MR) is 75.2 cm³/mol. The first-order chi connectivity index (χ1) is 9.59. The van der Waals surface area contributed by atoms with Gasteiger partial charge in [0.1, 0.15) is 5.54 Å². The SMILES string of the molecule is CCCC(=O)CN1C(=O)NC2(CCCCCCC2)C1=O. The molecular formula is C15H24N2O3. The lowest BCUT2D eigenvalue weighted by Crippen LogP contribution is -2.47. The molecule has 20 heavy (non-hydrogen) atoms. The first-order valence-corrected chi connectivity index (χ1v) is 7.75. The number of imide groups is 1. The number of hydrogen-bond acceptors (Lipinski definition) is 3. The van der Waals surface area contributed by atoms with Gasteiger partial charge >= 0.3 is 6.03 Å². The average Bonchev–Trinajstić information content (AvgIpc) is 2.60. The van der Waals surface area contributed by atoms with E-state index in [2.05, 4.69) is 5.32 Å². The maximum absolute atomic E-state index is 12.6. The summed E-state index contributed by atoms with van der Waals surface area (Å²) in [6.45, 7) is 1.85. The monoisotopic (exact) mass is 280 g/mol. The van der Waals surface area contributed by atoms with Crippen LogP contribution in [-0.2, 0) is 9.59 Å². The number of hydrogen-bond donors (Lipinski definition) is 1. The average molecular weight is 280 g/mol. The van der Waals surface area contributed by atoms with Crippen molar-refractivity contribution in [3.63, 3.8) is 0 Å². The number of carbonyl (C=O) groups excluding carboxylic acids is 3. The van der Waals surface area contributed by atoms with E-state index in [0.29, 0.717) is 19.3 Å². The molecule has 3 amide bonds. The van der Waals surface area contributed by atoms with Crippen molar-refractivity contribution in [2.24, 2.45) is 0 Å². The fourth-order valence-electron chi connectivity index (χ4n) is 3.20. The minimum absolute atomic E-state index is 0.0427. The molecular weight excluding hydrogens is 256 g/mol. The van der Waals surface area contributed by atoms with Gasteiger partial charge in [-0.2, -0.15) is 0 Å². The normalized spacial score (nSPS) is 22.6. The van der Waals surface area contributed by atoms with Gasteiger partial charge in [-0.05, 0) is 19.3 Å². The third kappa shape index (κ3) is 3.02. The van der Waals surface area contributed by atoms with Crippen molar-refractivity contribution in [3.8, 4) is 0 Å². The molecule has 0 aromatic heterocycles. The summed E-state index contributed by atoms with van der Waals surface area (Å²) >= 11 is 0. The van der Waals surface area contributed by atoms with E-state index in [-0.39, 0.29) is 24.3 Å². The van der Waals surface area contributed by atoms with Crippen LogP contribution in [0.5, 0.6) is 0 Å².